The van der Waals surface area contributed by atoms with Crippen molar-refractivity contribution in [3.8, 4) is 0 Å². The third-order valence-corrected chi connectivity index (χ3v) is 6.66. The Kier molecular flexibility index (Phi) is 5.40. The average Bonchev–Trinajstić information content (AvgIpc) is 3.58. The molecule has 1 aliphatic carbocycles. The van der Waals surface area contributed by atoms with Crippen molar-refractivity contribution in [2.45, 2.75) is 82.4 Å². The molecule has 0 bridgehead atoms. The van der Waals surface area contributed by atoms with Crippen LogP contribution in [0.25, 0.3) is 0 Å². The molecule has 0 aromatic heterocycles. The van der Waals surface area contributed by atoms with E-state index in [1.165, 1.54) is 5.57 Å². The predicted octanol–water partition coefficient (Wildman–Crippen LogP) is 2.28. The Morgan fingerprint density at radius 2 is 1.93 bits per heavy atom. The Labute approximate surface area is 175 Å². The number of ether oxygens (including phenoxy) is 4. The number of methoxy groups -OCH3 is 1. The molecule has 166 valence electrons. The highest BCUT2D eigenvalue weighted by molar-refractivity contribution is 6.01. The smallest absolute Gasteiger partial charge is 0.427 e. The summed E-state index contributed by atoms with van der Waals surface area (Å²) >= 11 is 0. The zero-order valence-electron chi connectivity index (χ0n) is 17.8. The number of amides is 2. The normalized spacial score (nSPS) is 39.8. The van der Waals surface area contributed by atoms with Crippen molar-refractivity contribution < 1.29 is 38.2 Å². The standard InChI is InChI=1S/C21H29NO8/c1-12(2)5-6-14-20(3,29-14)18-17(26-4)13(9-10-21(18)11-27-21)28-19(25)30-22-15(23)7-8-16(22)24/h5,13-14,17-18H,6-11H2,1-4H3/t13-,14-,17-,18-,20+,21+/m1/s1. The molecule has 6 atom stereocenters. The van der Waals surface area contributed by atoms with E-state index in [4.69, 9.17) is 23.8 Å². The zero-order valence-corrected chi connectivity index (χ0v) is 17.8. The van der Waals surface area contributed by atoms with E-state index in [-0.39, 0.29) is 30.5 Å². The van der Waals surface area contributed by atoms with Gasteiger partial charge in [0.2, 0.25) is 0 Å². The predicted molar refractivity (Wildman–Crippen MR) is 102 cm³/mol. The van der Waals surface area contributed by atoms with Crippen molar-refractivity contribution in [1.82, 2.24) is 5.06 Å². The van der Waals surface area contributed by atoms with E-state index in [1.807, 2.05) is 0 Å². The minimum Gasteiger partial charge on any atom is -0.427 e. The number of rotatable bonds is 6. The van der Waals surface area contributed by atoms with Crippen LogP contribution in [0.5, 0.6) is 0 Å². The van der Waals surface area contributed by atoms with Crippen LogP contribution in [0.1, 0.15) is 52.9 Å². The molecule has 0 unspecified atom stereocenters. The van der Waals surface area contributed by atoms with Crippen LogP contribution in [-0.2, 0) is 33.4 Å². The summed E-state index contributed by atoms with van der Waals surface area (Å²) in [6, 6.07) is 0. The number of epoxide rings is 2. The molecule has 9 heteroatoms. The Balaban J connectivity index is 1.45. The molecular formula is C21H29NO8. The second-order valence-corrected chi connectivity index (χ2v) is 8.96. The Bertz CT molecular complexity index is 755. The Morgan fingerprint density at radius 3 is 2.50 bits per heavy atom. The van der Waals surface area contributed by atoms with Crippen molar-refractivity contribution in [1.29, 1.82) is 0 Å². The molecule has 3 saturated heterocycles. The van der Waals surface area contributed by atoms with Gasteiger partial charge >= 0.3 is 6.16 Å². The molecule has 1 spiro atoms. The van der Waals surface area contributed by atoms with Gasteiger partial charge < -0.3 is 18.9 Å². The second-order valence-electron chi connectivity index (χ2n) is 8.96. The maximum Gasteiger partial charge on any atom is 0.534 e. The first-order valence-electron chi connectivity index (χ1n) is 10.4. The van der Waals surface area contributed by atoms with Gasteiger partial charge in [0.15, 0.2) is 0 Å². The number of hydrogen-bond acceptors (Lipinski definition) is 8. The van der Waals surface area contributed by atoms with Gasteiger partial charge in [-0.15, -0.1) is 0 Å². The fourth-order valence-electron chi connectivity index (χ4n) is 4.95. The number of carbonyl (C=O) groups is 3. The van der Waals surface area contributed by atoms with Crippen molar-refractivity contribution >= 4 is 18.0 Å². The van der Waals surface area contributed by atoms with Crippen LogP contribution in [0.4, 0.5) is 4.79 Å². The molecule has 3 aliphatic heterocycles. The maximum atomic E-state index is 12.3. The third kappa shape index (κ3) is 3.74. The molecule has 9 nitrogen and oxygen atoms in total. The number of nitrogens with zero attached hydrogens (tertiary/aromatic N) is 1. The number of carbonyl (C=O) groups excluding carboxylic acids is 3. The minimum absolute atomic E-state index is 0.0287. The van der Waals surface area contributed by atoms with E-state index >= 15 is 0 Å². The first-order chi connectivity index (χ1) is 14.2. The van der Waals surface area contributed by atoms with Crippen LogP contribution >= 0.6 is 0 Å². The zero-order chi connectivity index (χ0) is 21.7. The fourth-order valence-corrected chi connectivity index (χ4v) is 4.95. The topological polar surface area (TPSA) is 107 Å². The first-order valence-corrected chi connectivity index (χ1v) is 10.4. The maximum absolute atomic E-state index is 12.3. The Hall–Kier alpha value is -1.97. The quantitative estimate of drug-likeness (QED) is 0.277. The fraction of sp³-hybridized carbons (Fsp3) is 0.762. The van der Waals surface area contributed by atoms with E-state index in [1.54, 1.807) is 7.11 Å². The molecule has 4 aliphatic rings. The van der Waals surface area contributed by atoms with Gasteiger partial charge in [0.1, 0.15) is 23.4 Å². The number of hydrogen-bond donors (Lipinski definition) is 0. The highest BCUT2D eigenvalue weighted by Crippen LogP contribution is 2.59. The lowest BCUT2D eigenvalue weighted by atomic mass is 9.68. The van der Waals surface area contributed by atoms with Gasteiger partial charge in [0.05, 0.1) is 18.6 Å². The van der Waals surface area contributed by atoms with Gasteiger partial charge in [-0.1, -0.05) is 16.7 Å². The summed E-state index contributed by atoms with van der Waals surface area (Å²) < 4.78 is 23.3. The number of hydroxylamine groups is 2. The van der Waals surface area contributed by atoms with Crippen LogP contribution < -0.4 is 0 Å². The van der Waals surface area contributed by atoms with Crippen molar-refractivity contribution in [3.05, 3.63) is 11.6 Å². The summed E-state index contributed by atoms with van der Waals surface area (Å²) in [5.74, 6) is -1.21. The minimum atomic E-state index is -1.08. The number of allylic oxidation sites excluding steroid dienone is 1. The van der Waals surface area contributed by atoms with Crippen molar-refractivity contribution in [2.75, 3.05) is 13.7 Å². The molecule has 4 fully saturated rings. The summed E-state index contributed by atoms with van der Waals surface area (Å²) in [6.45, 7) is 6.78. The van der Waals surface area contributed by atoms with E-state index in [0.717, 1.165) is 6.42 Å². The SMILES string of the molecule is CO[C@@H]1[C@H](OC(=O)ON2C(=O)CCC2=O)CC[C@]2(CO2)[C@H]1[C@@]1(C)O[C@@H]1CC=C(C)C. The van der Waals surface area contributed by atoms with Gasteiger partial charge in [-0.05, 0) is 40.0 Å². The molecule has 1 saturated carbocycles. The largest absolute Gasteiger partial charge is 0.534 e. The van der Waals surface area contributed by atoms with Crippen LogP contribution in [0, 0.1) is 5.92 Å². The van der Waals surface area contributed by atoms with Gasteiger partial charge in [0.25, 0.3) is 11.8 Å². The molecule has 30 heavy (non-hydrogen) atoms. The number of imide groups is 1. The highest BCUT2D eigenvalue weighted by Gasteiger charge is 2.72. The highest BCUT2D eigenvalue weighted by atomic mass is 16.8. The summed E-state index contributed by atoms with van der Waals surface area (Å²) in [7, 11) is 1.57. The lowest BCUT2D eigenvalue weighted by Gasteiger charge is -2.42. The summed E-state index contributed by atoms with van der Waals surface area (Å²) in [5.41, 5.74) is 0.447. The monoisotopic (exact) mass is 423 g/mol. The van der Waals surface area contributed by atoms with E-state index in [9.17, 15) is 14.4 Å². The lowest BCUT2D eigenvalue weighted by Crippen LogP contribution is -2.55. The van der Waals surface area contributed by atoms with E-state index in [0.29, 0.717) is 24.5 Å². The van der Waals surface area contributed by atoms with Crippen molar-refractivity contribution in [2.24, 2.45) is 5.92 Å². The second kappa shape index (κ2) is 7.62. The van der Waals surface area contributed by atoms with E-state index in [2.05, 4.69) is 26.8 Å². The summed E-state index contributed by atoms with van der Waals surface area (Å²) in [6.07, 6.45) is 2.14. The molecule has 0 aromatic rings. The molecule has 3 heterocycles. The molecule has 0 aromatic carbocycles. The van der Waals surface area contributed by atoms with Crippen LogP contribution in [-0.4, -0.2) is 66.3 Å². The summed E-state index contributed by atoms with van der Waals surface area (Å²) in [5, 5.41) is 0.483. The average molecular weight is 423 g/mol. The Morgan fingerprint density at radius 1 is 1.27 bits per heavy atom. The van der Waals surface area contributed by atoms with Crippen LogP contribution in [0.15, 0.2) is 11.6 Å². The van der Waals surface area contributed by atoms with Crippen molar-refractivity contribution in [3.63, 3.8) is 0 Å². The molecule has 2 amide bonds. The van der Waals surface area contributed by atoms with Gasteiger partial charge in [-0.2, -0.15) is 0 Å². The van der Waals surface area contributed by atoms with Gasteiger partial charge in [0, 0.05) is 20.0 Å². The van der Waals surface area contributed by atoms with Crippen LogP contribution in [0.2, 0.25) is 0 Å². The summed E-state index contributed by atoms with van der Waals surface area (Å²) in [4.78, 5) is 40.5. The third-order valence-electron chi connectivity index (χ3n) is 6.66. The molecule has 0 N–H and O–H groups in total. The molecular weight excluding hydrogens is 394 g/mol. The van der Waals surface area contributed by atoms with Gasteiger partial charge in [-0.25, -0.2) is 4.79 Å². The van der Waals surface area contributed by atoms with Crippen LogP contribution in [0.3, 0.4) is 0 Å². The van der Waals surface area contributed by atoms with E-state index < -0.39 is 35.8 Å². The lowest BCUT2D eigenvalue weighted by molar-refractivity contribution is -0.184. The molecule has 4 rings (SSSR count). The molecule has 0 radical (unpaired) electrons. The van der Waals surface area contributed by atoms with Gasteiger partial charge in [-0.3, -0.25) is 14.4 Å². The first kappa shape index (κ1) is 21.3.